The van der Waals surface area contributed by atoms with Crippen molar-refractivity contribution < 1.29 is 24.3 Å². The first kappa shape index (κ1) is 28.9. The molecule has 2 heterocycles. The summed E-state index contributed by atoms with van der Waals surface area (Å²) in [5, 5.41) is 28.1. The number of carbonyl (C=O) groups excluding carboxylic acids is 4. The lowest BCUT2D eigenvalue weighted by Crippen LogP contribution is -2.46. The van der Waals surface area contributed by atoms with E-state index in [2.05, 4.69) is 31.5 Å². The Morgan fingerprint density at radius 1 is 1.05 bits per heavy atom. The fourth-order valence-electron chi connectivity index (χ4n) is 5.53. The van der Waals surface area contributed by atoms with Gasteiger partial charge in [-0.25, -0.2) is 0 Å². The number of rotatable bonds is 12. The number of aromatic nitrogens is 3. The predicted octanol–water partition coefficient (Wildman–Crippen LogP) is -0.0426. The van der Waals surface area contributed by atoms with Gasteiger partial charge in [0.1, 0.15) is 24.4 Å². The summed E-state index contributed by atoms with van der Waals surface area (Å²) in [6.07, 6.45) is 6.88. The molecule has 2 aromatic heterocycles. The van der Waals surface area contributed by atoms with Gasteiger partial charge in [0.2, 0.25) is 17.7 Å². The summed E-state index contributed by atoms with van der Waals surface area (Å²) in [6.45, 7) is 1.84. The molecule has 2 bridgehead atoms. The average molecular weight is 554 g/mol. The zero-order chi connectivity index (χ0) is 28.6. The molecule has 2 saturated carbocycles. The number of hydrogen-bond donors (Lipinski definition) is 5. The molecule has 2 aliphatic rings. The predicted molar refractivity (Wildman–Crippen MR) is 144 cm³/mol. The van der Waals surface area contributed by atoms with E-state index in [9.17, 15) is 29.1 Å². The Hall–Kier alpha value is -4.13. The number of nitrogens with one attached hydrogen (secondary N) is 4. The van der Waals surface area contributed by atoms with Crippen LogP contribution in [0.5, 0.6) is 0 Å². The molecule has 0 spiro atoms. The third kappa shape index (κ3) is 7.08. The minimum absolute atomic E-state index is 0.0738. The second-order valence-electron chi connectivity index (χ2n) is 10.3. The van der Waals surface area contributed by atoms with Gasteiger partial charge in [-0.2, -0.15) is 10.2 Å². The molecule has 13 heteroatoms. The number of pyridine rings is 1. The number of nitrogens with zero attached hydrogens (tertiary/aromatic N) is 3. The zero-order valence-electron chi connectivity index (χ0n) is 22.3. The number of aliphatic hydroxyl groups excluding tert-OH is 1. The monoisotopic (exact) mass is 553 g/mol. The second-order valence-corrected chi connectivity index (χ2v) is 10.3. The zero-order valence-corrected chi connectivity index (χ0v) is 22.3. The van der Waals surface area contributed by atoms with E-state index in [4.69, 9.17) is 0 Å². The number of anilines is 1. The molecule has 4 amide bonds. The second kappa shape index (κ2) is 13.3. The number of likely N-dealkylation sites (N-methyl/N-ethyl adjacent to an activating group) is 1. The first-order valence-corrected chi connectivity index (χ1v) is 13.6. The summed E-state index contributed by atoms with van der Waals surface area (Å²) in [5.74, 6) is -1.20. The molecule has 5 N–H and O–H groups in total. The molecule has 0 saturated heterocycles. The summed E-state index contributed by atoms with van der Waals surface area (Å²) in [7, 11) is 0. The molecule has 0 aliphatic heterocycles. The average Bonchev–Trinajstić information content (AvgIpc) is 3.52. The first-order chi connectivity index (χ1) is 19.3. The molecule has 40 heavy (non-hydrogen) atoms. The standard InChI is InChI=1S/C27H35N7O6/c1-2-28-26(39)21(35)10-9-19(31-24(37)18-11-12-29-30-14-18)25(38)32-20-4-3-13-34(27(20)40)15-22(36)33-23-16-5-6-17(23)8-7-16/h3-4,11-14,16-17,19,21,23,35H,2,5-10,15H2,1H3,(H,28,39)(H,31,37)(H,32,38)(H,33,36)/t16?,17?,19-,21?,23?/m0/s1. The van der Waals surface area contributed by atoms with Gasteiger partial charge in [0, 0.05) is 18.8 Å². The van der Waals surface area contributed by atoms with Crippen molar-refractivity contribution in [2.75, 3.05) is 11.9 Å². The summed E-state index contributed by atoms with van der Waals surface area (Å²) in [6, 6.07) is 3.32. The van der Waals surface area contributed by atoms with Crippen LogP contribution in [-0.4, -0.2) is 68.2 Å². The highest BCUT2D eigenvalue weighted by Gasteiger charge is 2.42. The van der Waals surface area contributed by atoms with E-state index in [0.29, 0.717) is 18.4 Å². The van der Waals surface area contributed by atoms with E-state index in [-0.39, 0.29) is 42.6 Å². The van der Waals surface area contributed by atoms with Gasteiger partial charge in [-0.3, -0.25) is 24.0 Å². The van der Waals surface area contributed by atoms with E-state index in [0.717, 1.165) is 25.7 Å². The lowest BCUT2D eigenvalue weighted by atomic mass is 10.0. The minimum atomic E-state index is -1.39. The van der Waals surface area contributed by atoms with Crippen LogP contribution in [-0.2, 0) is 20.9 Å². The van der Waals surface area contributed by atoms with Crippen LogP contribution in [0, 0.1) is 11.8 Å². The van der Waals surface area contributed by atoms with Crippen LogP contribution < -0.4 is 26.8 Å². The first-order valence-electron chi connectivity index (χ1n) is 13.6. The minimum Gasteiger partial charge on any atom is -0.383 e. The molecule has 2 fully saturated rings. The number of aliphatic hydroxyl groups is 1. The number of carbonyl (C=O) groups is 4. The molecule has 2 aliphatic carbocycles. The van der Waals surface area contributed by atoms with Crippen LogP contribution in [0.4, 0.5) is 5.69 Å². The Morgan fingerprint density at radius 3 is 2.42 bits per heavy atom. The molecule has 4 rings (SSSR count). The highest BCUT2D eigenvalue weighted by atomic mass is 16.3. The number of fused-ring (bicyclic) bond motifs is 2. The normalized spacial score (nSPS) is 20.8. The molecular formula is C27H35N7O6. The Labute approximate surface area is 231 Å². The van der Waals surface area contributed by atoms with Crippen LogP contribution in [0.3, 0.4) is 0 Å². The van der Waals surface area contributed by atoms with Crippen molar-refractivity contribution >= 4 is 29.3 Å². The van der Waals surface area contributed by atoms with Crippen molar-refractivity contribution in [2.24, 2.45) is 11.8 Å². The van der Waals surface area contributed by atoms with E-state index in [1.807, 2.05) is 0 Å². The summed E-state index contributed by atoms with van der Waals surface area (Å²) in [5.41, 5.74) is -0.498. The van der Waals surface area contributed by atoms with Crippen molar-refractivity contribution in [1.82, 2.24) is 30.7 Å². The van der Waals surface area contributed by atoms with Gasteiger partial charge in [-0.1, -0.05) is 0 Å². The summed E-state index contributed by atoms with van der Waals surface area (Å²) in [4.78, 5) is 63.7. The highest BCUT2D eigenvalue weighted by Crippen LogP contribution is 2.44. The Morgan fingerprint density at radius 2 is 1.77 bits per heavy atom. The van der Waals surface area contributed by atoms with Gasteiger partial charge >= 0.3 is 0 Å². The Balaban J connectivity index is 1.43. The maximum atomic E-state index is 13.2. The van der Waals surface area contributed by atoms with Gasteiger partial charge in [-0.05, 0) is 75.5 Å². The number of amides is 4. The summed E-state index contributed by atoms with van der Waals surface area (Å²) < 4.78 is 1.22. The topological polar surface area (TPSA) is 184 Å². The lowest BCUT2D eigenvalue weighted by molar-refractivity contribution is -0.130. The molecule has 2 aromatic rings. The van der Waals surface area contributed by atoms with E-state index < -0.39 is 35.4 Å². The van der Waals surface area contributed by atoms with Gasteiger partial charge < -0.3 is 30.9 Å². The quantitative estimate of drug-likeness (QED) is 0.242. The van der Waals surface area contributed by atoms with Crippen molar-refractivity contribution in [3.05, 3.63) is 52.7 Å². The lowest BCUT2D eigenvalue weighted by Gasteiger charge is -2.20. The SMILES string of the molecule is CCNC(=O)C(O)CC[C@H](NC(=O)c1ccnnc1)C(=O)Nc1cccn(CC(=O)NC2C3CCC2CC3)c1=O. The third-order valence-electron chi connectivity index (χ3n) is 7.60. The fourth-order valence-corrected chi connectivity index (χ4v) is 5.53. The van der Waals surface area contributed by atoms with Crippen molar-refractivity contribution in [3.63, 3.8) is 0 Å². The summed E-state index contributed by atoms with van der Waals surface area (Å²) >= 11 is 0. The van der Waals surface area contributed by atoms with E-state index in [1.54, 1.807) is 13.0 Å². The third-order valence-corrected chi connectivity index (χ3v) is 7.60. The van der Waals surface area contributed by atoms with E-state index in [1.165, 1.54) is 35.3 Å². The van der Waals surface area contributed by atoms with Gasteiger partial charge in [-0.15, -0.1) is 0 Å². The molecular weight excluding hydrogens is 518 g/mol. The van der Waals surface area contributed by atoms with Gasteiger partial charge in [0.05, 0.1) is 18.0 Å². The molecule has 2 atom stereocenters. The van der Waals surface area contributed by atoms with E-state index >= 15 is 0 Å². The van der Waals surface area contributed by atoms with Crippen LogP contribution in [0.25, 0.3) is 0 Å². The Bertz CT molecular complexity index is 1260. The highest BCUT2D eigenvalue weighted by molar-refractivity contribution is 6.01. The van der Waals surface area contributed by atoms with Crippen LogP contribution in [0.2, 0.25) is 0 Å². The molecule has 1 unspecified atom stereocenters. The smallest absolute Gasteiger partial charge is 0.274 e. The van der Waals surface area contributed by atoms with Crippen molar-refractivity contribution in [1.29, 1.82) is 0 Å². The Kier molecular flexibility index (Phi) is 9.59. The van der Waals surface area contributed by atoms with Crippen molar-refractivity contribution in [3.8, 4) is 0 Å². The molecule has 13 nitrogen and oxygen atoms in total. The largest absolute Gasteiger partial charge is 0.383 e. The maximum Gasteiger partial charge on any atom is 0.274 e. The van der Waals surface area contributed by atoms with Crippen LogP contribution >= 0.6 is 0 Å². The fraction of sp³-hybridized carbons (Fsp3) is 0.519. The van der Waals surface area contributed by atoms with Crippen LogP contribution in [0.15, 0.2) is 41.6 Å². The molecule has 0 aromatic carbocycles. The van der Waals surface area contributed by atoms with Crippen molar-refractivity contribution in [2.45, 2.75) is 70.2 Å². The maximum absolute atomic E-state index is 13.2. The number of hydrogen-bond acceptors (Lipinski definition) is 8. The molecule has 0 radical (unpaired) electrons. The van der Waals surface area contributed by atoms with Gasteiger partial charge in [0.25, 0.3) is 11.5 Å². The molecule has 214 valence electrons. The van der Waals surface area contributed by atoms with Gasteiger partial charge in [0.15, 0.2) is 0 Å². The van der Waals surface area contributed by atoms with Crippen LogP contribution in [0.1, 0.15) is 55.8 Å².